The maximum absolute atomic E-state index is 9.36. The van der Waals surface area contributed by atoms with Crippen molar-refractivity contribution >= 4 is 5.69 Å². The number of aromatic nitrogens is 3. The lowest BCUT2D eigenvalue weighted by atomic mass is 10.2. The van der Waals surface area contributed by atoms with Gasteiger partial charge in [-0.1, -0.05) is 12.1 Å². The molecule has 0 saturated heterocycles. The highest BCUT2D eigenvalue weighted by Gasteiger charge is 2.17. The Kier molecular flexibility index (Phi) is 3.77. The fourth-order valence-corrected chi connectivity index (χ4v) is 2.40. The quantitative estimate of drug-likeness (QED) is 0.803. The molecule has 1 aromatic carbocycles. The highest BCUT2D eigenvalue weighted by molar-refractivity contribution is 5.56. The molecule has 0 aliphatic carbocycles. The SMILES string of the molecule is Cc1cccc(Oc2c(N)cc(C#N)n2Cc2nccn2C)c1. The summed E-state index contributed by atoms with van der Waals surface area (Å²) in [6.45, 7) is 2.40. The number of nitriles is 1. The van der Waals surface area contributed by atoms with Gasteiger partial charge in [-0.05, 0) is 24.6 Å². The lowest BCUT2D eigenvalue weighted by Gasteiger charge is -2.12. The highest BCUT2D eigenvalue weighted by atomic mass is 16.5. The van der Waals surface area contributed by atoms with E-state index in [0.29, 0.717) is 29.6 Å². The van der Waals surface area contributed by atoms with Crippen LogP contribution < -0.4 is 10.5 Å². The van der Waals surface area contributed by atoms with E-state index in [0.717, 1.165) is 11.4 Å². The van der Waals surface area contributed by atoms with E-state index in [-0.39, 0.29) is 0 Å². The molecule has 0 fully saturated rings. The molecule has 0 saturated carbocycles. The van der Waals surface area contributed by atoms with Crippen molar-refractivity contribution in [2.75, 3.05) is 5.73 Å². The van der Waals surface area contributed by atoms with Gasteiger partial charge in [0.2, 0.25) is 5.88 Å². The topological polar surface area (TPSA) is 81.8 Å². The van der Waals surface area contributed by atoms with Crippen molar-refractivity contribution in [2.24, 2.45) is 7.05 Å². The third-order valence-corrected chi connectivity index (χ3v) is 3.61. The van der Waals surface area contributed by atoms with Crippen molar-refractivity contribution in [1.82, 2.24) is 14.1 Å². The predicted octanol–water partition coefficient (Wildman–Crippen LogP) is 2.82. The first-order valence-corrected chi connectivity index (χ1v) is 7.18. The number of nitrogen functional groups attached to an aromatic ring is 1. The molecule has 3 aromatic rings. The van der Waals surface area contributed by atoms with Crippen LogP contribution in [0, 0.1) is 18.3 Å². The van der Waals surface area contributed by atoms with Crippen LogP contribution in [-0.2, 0) is 13.6 Å². The van der Waals surface area contributed by atoms with Crippen molar-refractivity contribution in [3.63, 3.8) is 0 Å². The number of anilines is 1. The Hall–Kier alpha value is -3.20. The molecule has 0 amide bonds. The molecule has 0 atom stereocenters. The summed E-state index contributed by atoms with van der Waals surface area (Å²) < 4.78 is 9.57. The standard InChI is InChI=1S/C17H17N5O/c1-12-4-3-5-14(8-12)23-17-15(19)9-13(10-18)22(17)11-16-20-6-7-21(16)2/h3-9H,11,19H2,1-2H3. The maximum atomic E-state index is 9.36. The zero-order valence-electron chi connectivity index (χ0n) is 13.0. The van der Waals surface area contributed by atoms with Gasteiger partial charge < -0.3 is 15.0 Å². The average Bonchev–Trinajstić information content (AvgIpc) is 3.05. The summed E-state index contributed by atoms with van der Waals surface area (Å²) in [6, 6.07) is 11.5. The van der Waals surface area contributed by atoms with Crippen LogP contribution in [0.5, 0.6) is 11.6 Å². The Morgan fingerprint density at radius 2 is 2.17 bits per heavy atom. The molecule has 2 heterocycles. The van der Waals surface area contributed by atoms with E-state index in [2.05, 4.69) is 11.1 Å². The van der Waals surface area contributed by atoms with Gasteiger partial charge in [-0.3, -0.25) is 4.57 Å². The van der Waals surface area contributed by atoms with Gasteiger partial charge in [0.1, 0.15) is 23.3 Å². The second-order valence-corrected chi connectivity index (χ2v) is 5.36. The van der Waals surface area contributed by atoms with Crippen LogP contribution in [0.15, 0.2) is 42.7 Å². The molecule has 0 unspecified atom stereocenters. The van der Waals surface area contributed by atoms with Crippen LogP contribution in [0.3, 0.4) is 0 Å². The molecule has 23 heavy (non-hydrogen) atoms. The summed E-state index contributed by atoms with van der Waals surface area (Å²) >= 11 is 0. The largest absolute Gasteiger partial charge is 0.439 e. The van der Waals surface area contributed by atoms with E-state index in [1.165, 1.54) is 0 Å². The molecule has 0 aliphatic rings. The molecule has 3 rings (SSSR count). The smallest absolute Gasteiger partial charge is 0.224 e. The van der Waals surface area contributed by atoms with Gasteiger partial charge in [0.05, 0.1) is 12.2 Å². The first kappa shape index (κ1) is 14.7. The second-order valence-electron chi connectivity index (χ2n) is 5.36. The van der Waals surface area contributed by atoms with Gasteiger partial charge in [-0.15, -0.1) is 0 Å². The van der Waals surface area contributed by atoms with Crippen LogP contribution >= 0.6 is 0 Å². The van der Waals surface area contributed by atoms with E-state index in [1.807, 2.05) is 49.0 Å². The number of benzene rings is 1. The first-order chi connectivity index (χ1) is 11.1. The van der Waals surface area contributed by atoms with Crippen molar-refractivity contribution < 1.29 is 4.74 Å². The number of hydrogen-bond donors (Lipinski definition) is 1. The number of aryl methyl sites for hydroxylation is 2. The zero-order chi connectivity index (χ0) is 16.4. The van der Waals surface area contributed by atoms with Crippen molar-refractivity contribution in [2.45, 2.75) is 13.5 Å². The molecule has 0 aliphatic heterocycles. The third kappa shape index (κ3) is 2.90. The van der Waals surface area contributed by atoms with E-state index >= 15 is 0 Å². The van der Waals surface area contributed by atoms with E-state index in [9.17, 15) is 5.26 Å². The minimum Gasteiger partial charge on any atom is -0.439 e. The fraction of sp³-hybridized carbons (Fsp3) is 0.176. The molecule has 6 heteroatoms. The number of nitrogens with zero attached hydrogens (tertiary/aromatic N) is 4. The number of nitrogens with two attached hydrogens (primary N) is 1. The first-order valence-electron chi connectivity index (χ1n) is 7.18. The van der Waals surface area contributed by atoms with Crippen molar-refractivity contribution in [3.8, 4) is 17.7 Å². The Morgan fingerprint density at radius 1 is 1.35 bits per heavy atom. The molecule has 0 spiro atoms. The average molecular weight is 307 g/mol. The number of imidazole rings is 1. The molecule has 6 nitrogen and oxygen atoms in total. The van der Waals surface area contributed by atoms with Crippen LogP contribution in [0.4, 0.5) is 5.69 Å². The van der Waals surface area contributed by atoms with Crippen molar-refractivity contribution in [1.29, 1.82) is 5.26 Å². The zero-order valence-corrected chi connectivity index (χ0v) is 13.0. The van der Waals surface area contributed by atoms with E-state index in [4.69, 9.17) is 10.5 Å². The monoisotopic (exact) mass is 307 g/mol. The van der Waals surface area contributed by atoms with E-state index < -0.39 is 0 Å². The third-order valence-electron chi connectivity index (χ3n) is 3.61. The maximum Gasteiger partial charge on any atom is 0.224 e. The summed E-state index contributed by atoms with van der Waals surface area (Å²) in [4.78, 5) is 4.29. The molecule has 0 radical (unpaired) electrons. The van der Waals surface area contributed by atoms with Gasteiger partial charge in [-0.2, -0.15) is 5.26 Å². The summed E-state index contributed by atoms with van der Waals surface area (Å²) in [5.74, 6) is 1.95. The van der Waals surface area contributed by atoms with Gasteiger partial charge in [-0.25, -0.2) is 4.98 Å². The Bertz CT molecular complexity index is 885. The summed E-state index contributed by atoms with van der Waals surface area (Å²) in [5.41, 5.74) is 8.00. The van der Waals surface area contributed by atoms with Gasteiger partial charge in [0.25, 0.3) is 0 Å². The lowest BCUT2D eigenvalue weighted by Crippen LogP contribution is -2.09. The van der Waals surface area contributed by atoms with Crippen molar-refractivity contribution in [3.05, 3.63) is 59.8 Å². The minimum absolute atomic E-state index is 0.407. The van der Waals surface area contributed by atoms with E-state index in [1.54, 1.807) is 16.8 Å². The molecule has 2 aromatic heterocycles. The van der Waals surface area contributed by atoms with Crippen LogP contribution in [-0.4, -0.2) is 14.1 Å². The Balaban J connectivity index is 2.01. The fourth-order valence-electron chi connectivity index (χ4n) is 2.40. The summed E-state index contributed by atoms with van der Waals surface area (Å²) in [5, 5.41) is 9.36. The molecule has 2 N–H and O–H groups in total. The minimum atomic E-state index is 0.407. The molecular formula is C17H17N5O. The molecule has 116 valence electrons. The number of hydrogen-bond acceptors (Lipinski definition) is 4. The lowest BCUT2D eigenvalue weighted by molar-refractivity contribution is 0.433. The Morgan fingerprint density at radius 3 is 2.83 bits per heavy atom. The molecule has 0 bridgehead atoms. The second kappa shape index (κ2) is 5.89. The van der Waals surface area contributed by atoms with Gasteiger partial charge in [0, 0.05) is 25.5 Å². The summed E-state index contributed by atoms with van der Waals surface area (Å²) in [7, 11) is 1.91. The molecular weight excluding hydrogens is 290 g/mol. The predicted molar refractivity (Wildman–Crippen MR) is 87.1 cm³/mol. The van der Waals surface area contributed by atoms with Crippen LogP contribution in [0.2, 0.25) is 0 Å². The van der Waals surface area contributed by atoms with Gasteiger partial charge >= 0.3 is 0 Å². The summed E-state index contributed by atoms with van der Waals surface area (Å²) in [6.07, 6.45) is 3.57. The van der Waals surface area contributed by atoms with Crippen LogP contribution in [0.1, 0.15) is 17.1 Å². The Labute approximate surface area is 134 Å². The van der Waals surface area contributed by atoms with Gasteiger partial charge in [0.15, 0.2) is 0 Å². The number of rotatable bonds is 4. The number of ether oxygens (including phenoxy) is 1. The van der Waals surface area contributed by atoms with Crippen LogP contribution in [0.25, 0.3) is 0 Å². The normalized spacial score (nSPS) is 10.5. The highest BCUT2D eigenvalue weighted by Crippen LogP contribution is 2.32.